The number of aliphatic hydroxyl groups is 1. The second kappa shape index (κ2) is 13.8. The number of rotatable bonds is 7. The van der Waals surface area contributed by atoms with E-state index in [0.717, 1.165) is 19.3 Å². The zero-order valence-corrected chi connectivity index (χ0v) is 25.5. The molecule has 3 rings (SSSR count). The normalized spacial score (nSPS) is 22.4. The van der Waals surface area contributed by atoms with E-state index in [1.807, 2.05) is 27.9 Å². The molecule has 0 unspecified atom stereocenters. The van der Waals surface area contributed by atoms with Gasteiger partial charge in [-0.05, 0) is 79.3 Å². The SMILES string of the molecule is Cc1noc(C)c1S(=O)(=O)Nc1ccc2c(c1)C(=O)N([C@@H](C)CO)C[C@H](C)[C@H](CN(C)C)OCCCC[C@@H](C)O2. The Bertz CT molecular complexity index is 1230. The topological polar surface area (TPSA) is 134 Å². The van der Waals surface area contributed by atoms with Crippen molar-refractivity contribution in [2.45, 2.75) is 77.0 Å². The van der Waals surface area contributed by atoms with Crippen LogP contribution in [0.5, 0.6) is 5.75 Å². The van der Waals surface area contributed by atoms with Crippen LogP contribution >= 0.6 is 0 Å². The molecule has 1 amide bonds. The van der Waals surface area contributed by atoms with Crippen LogP contribution in [-0.2, 0) is 14.8 Å². The van der Waals surface area contributed by atoms with Crippen molar-refractivity contribution in [2.24, 2.45) is 5.92 Å². The number of sulfonamides is 1. The first kappa shape index (κ1) is 31.9. The molecule has 1 aromatic carbocycles. The zero-order valence-electron chi connectivity index (χ0n) is 24.6. The predicted octanol–water partition coefficient (Wildman–Crippen LogP) is 3.45. The molecule has 1 aromatic heterocycles. The molecule has 0 bridgehead atoms. The Morgan fingerprint density at radius 2 is 1.95 bits per heavy atom. The maximum atomic E-state index is 14.1. The highest BCUT2D eigenvalue weighted by Gasteiger charge is 2.31. The summed E-state index contributed by atoms with van der Waals surface area (Å²) in [5.41, 5.74) is 0.645. The predicted molar refractivity (Wildman–Crippen MR) is 152 cm³/mol. The fraction of sp³-hybridized carbons (Fsp3) is 0.643. The summed E-state index contributed by atoms with van der Waals surface area (Å²) in [4.78, 5) is 17.8. The lowest BCUT2D eigenvalue weighted by Gasteiger charge is -2.35. The maximum absolute atomic E-state index is 14.1. The van der Waals surface area contributed by atoms with Gasteiger partial charge >= 0.3 is 0 Å². The molecule has 11 nitrogen and oxygen atoms in total. The van der Waals surface area contributed by atoms with Gasteiger partial charge in [-0.3, -0.25) is 9.52 Å². The van der Waals surface area contributed by atoms with Crippen LogP contribution in [0, 0.1) is 19.8 Å². The maximum Gasteiger partial charge on any atom is 0.267 e. The molecule has 40 heavy (non-hydrogen) atoms. The van der Waals surface area contributed by atoms with Gasteiger partial charge in [0.15, 0.2) is 10.7 Å². The third-order valence-electron chi connectivity index (χ3n) is 7.09. The summed E-state index contributed by atoms with van der Waals surface area (Å²) in [6.07, 6.45) is 2.26. The van der Waals surface area contributed by atoms with E-state index >= 15 is 0 Å². The summed E-state index contributed by atoms with van der Waals surface area (Å²) in [5, 5.41) is 13.8. The van der Waals surface area contributed by atoms with E-state index in [4.69, 9.17) is 14.0 Å². The molecule has 0 aliphatic carbocycles. The second-order valence-corrected chi connectivity index (χ2v) is 12.7. The Hall–Kier alpha value is -2.67. The summed E-state index contributed by atoms with van der Waals surface area (Å²) in [6.45, 7) is 10.3. The van der Waals surface area contributed by atoms with Crippen molar-refractivity contribution < 1.29 is 32.3 Å². The molecule has 0 saturated heterocycles. The molecule has 1 aliphatic rings. The highest BCUT2D eigenvalue weighted by Crippen LogP contribution is 2.30. The van der Waals surface area contributed by atoms with Gasteiger partial charge in [0.2, 0.25) is 0 Å². The molecule has 1 aliphatic heterocycles. The largest absolute Gasteiger partial charge is 0.490 e. The Morgan fingerprint density at radius 1 is 1.23 bits per heavy atom. The Labute approximate surface area is 237 Å². The molecule has 2 aromatic rings. The number of nitrogens with one attached hydrogen (secondary N) is 1. The first-order chi connectivity index (χ1) is 18.8. The van der Waals surface area contributed by atoms with Crippen LogP contribution in [0.4, 0.5) is 5.69 Å². The number of amides is 1. The number of anilines is 1. The number of hydrogen-bond donors (Lipinski definition) is 2. The van der Waals surface area contributed by atoms with Crippen LogP contribution < -0.4 is 9.46 Å². The van der Waals surface area contributed by atoms with Gasteiger partial charge in [0, 0.05) is 31.3 Å². The number of fused-ring (bicyclic) bond motifs is 1. The fourth-order valence-corrected chi connectivity index (χ4v) is 6.25. The average Bonchev–Trinajstić information content (AvgIpc) is 3.23. The van der Waals surface area contributed by atoms with Gasteiger partial charge in [-0.1, -0.05) is 12.1 Å². The van der Waals surface area contributed by atoms with Gasteiger partial charge in [0.05, 0.1) is 30.4 Å². The van der Waals surface area contributed by atoms with E-state index in [-0.39, 0.29) is 58.2 Å². The van der Waals surface area contributed by atoms with Gasteiger partial charge < -0.3 is 28.9 Å². The number of benzene rings is 1. The van der Waals surface area contributed by atoms with Crippen LogP contribution in [0.15, 0.2) is 27.6 Å². The molecule has 12 heteroatoms. The molecule has 224 valence electrons. The van der Waals surface area contributed by atoms with Crippen LogP contribution in [-0.4, -0.2) is 93.0 Å². The van der Waals surface area contributed by atoms with Crippen molar-refractivity contribution in [2.75, 3.05) is 45.1 Å². The lowest BCUT2D eigenvalue weighted by molar-refractivity contribution is -0.0137. The molecule has 0 saturated carbocycles. The molecule has 4 atom stereocenters. The van der Waals surface area contributed by atoms with Gasteiger partial charge in [0.1, 0.15) is 11.4 Å². The standard InChI is InChI=1S/C28H44N4O7S/c1-18-15-32(19(2)17-33)28(34)24-14-23(30-40(35,36)27-21(4)29-39-22(27)5)11-12-25(24)38-20(3)10-8-9-13-37-26(18)16-31(6)7/h11-12,14,18-20,26,30,33H,8-10,13,15-17H2,1-7H3/t18-,19-,20+,26-/m0/s1. The number of carbonyl (C=O) groups excluding carboxylic acids is 1. The van der Waals surface area contributed by atoms with E-state index in [2.05, 4.69) is 14.8 Å². The van der Waals surface area contributed by atoms with Crippen molar-refractivity contribution in [3.63, 3.8) is 0 Å². The van der Waals surface area contributed by atoms with E-state index < -0.39 is 16.1 Å². The lowest BCUT2D eigenvalue weighted by atomic mass is 10.0. The average molecular weight is 581 g/mol. The number of likely N-dealkylation sites (N-methyl/N-ethyl adjacent to an activating group) is 1. The van der Waals surface area contributed by atoms with Crippen LogP contribution in [0.1, 0.15) is 61.8 Å². The summed E-state index contributed by atoms with van der Waals surface area (Å²) in [5.74, 6) is 0.129. The smallest absolute Gasteiger partial charge is 0.267 e. The summed E-state index contributed by atoms with van der Waals surface area (Å²) < 4.78 is 46.4. The van der Waals surface area contributed by atoms with Gasteiger partial charge in [-0.15, -0.1) is 0 Å². The van der Waals surface area contributed by atoms with Gasteiger partial charge in [0.25, 0.3) is 15.9 Å². The van der Waals surface area contributed by atoms with Crippen molar-refractivity contribution in [3.8, 4) is 5.75 Å². The molecule has 0 fully saturated rings. The molecular formula is C28H44N4O7S. The minimum Gasteiger partial charge on any atom is -0.490 e. The van der Waals surface area contributed by atoms with E-state index in [0.29, 0.717) is 25.4 Å². The monoisotopic (exact) mass is 580 g/mol. The number of aromatic nitrogens is 1. The number of hydrogen-bond acceptors (Lipinski definition) is 9. The number of aryl methyl sites for hydroxylation is 2. The van der Waals surface area contributed by atoms with Crippen molar-refractivity contribution in [3.05, 3.63) is 35.2 Å². The van der Waals surface area contributed by atoms with Crippen molar-refractivity contribution in [1.82, 2.24) is 15.0 Å². The first-order valence-corrected chi connectivity index (χ1v) is 15.3. The van der Waals surface area contributed by atoms with Crippen molar-refractivity contribution >= 4 is 21.6 Å². The third-order valence-corrected chi connectivity index (χ3v) is 8.71. The fourth-order valence-electron chi connectivity index (χ4n) is 4.87. The van der Waals surface area contributed by atoms with Crippen molar-refractivity contribution in [1.29, 1.82) is 0 Å². The Kier molecular flexibility index (Phi) is 11.0. The van der Waals surface area contributed by atoms with E-state index in [1.54, 1.807) is 30.9 Å². The second-order valence-electron chi connectivity index (χ2n) is 11.0. The van der Waals surface area contributed by atoms with Crippen LogP contribution in [0.2, 0.25) is 0 Å². The Morgan fingerprint density at radius 3 is 2.58 bits per heavy atom. The molecular weight excluding hydrogens is 536 g/mol. The quantitative estimate of drug-likeness (QED) is 0.505. The van der Waals surface area contributed by atoms with E-state index in [1.165, 1.54) is 13.0 Å². The van der Waals surface area contributed by atoms with Crippen LogP contribution in [0.3, 0.4) is 0 Å². The molecule has 0 spiro atoms. The Balaban J connectivity index is 2.04. The van der Waals surface area contributed by atoms with E-state index in [9.17, 15) is 18.3 Å². The molecule has 2 heterocycles. The zero-order chi connectivity index (χ0) is 29.6. The number of aliphatic hydroxyl groups excluding tert-OH is 1. The summed E-state index contributed by atoms with van der Waals surface area (Å²) in [7, 11) is -0.0559. The summed E-state index contributed by atoms with van der Waals surface area (Å²) >= 11 is 0. The number of ether oxygens (including phenoxy) is 2. The minimum atomic E-state index is -4.03. The molecule has 0 radical (unpaired) electrons. The summed E-state index contributed by atoms with van der Waals surface area (Å²) in [6, 6.07) is 4.18. The lowest BCUT2D eigenvalue weighted by Crippen LogP contribution is -2.47. The van der Waals surface area contributed by atoms with Crippen LogP contribution in [0.25, 0.3) is 0 Å². The molecule has 2 N–H and O–H groups in total. The third kappa shape index (κ3) is 7.96. The number of nitrogens with zero attached hydrogens (tertiary/aromatic N) is 3. The highest BCUT2D eigenvalue weighted by molar-refractivity contribution is 7.92. The minimum absolute atomic E-state index is 0.0344. The first-order valence-electron chi connectivity index (χ1n) is 13.8. The number of carbonyl (C=O) groups is 1. The highest BCUT2D eigenvalue weighted by atomic mass is 32.2. The van der Waals surface area contributed by atoms with Gasteiger partial charge in [-0.25, -0.2) is 8.42 Å². The van der Waals surface area contributed by atoms with Gasteiger partial charge in [-0.2, -0.15) is 0 Å².